The van der Waals surface area contributed by atoms with Crippen LogP contribution in [0.3, 0.4) is 0 Å². The Bertz CT molecular complexity index is 515. The van der Waals surface area contributed by atoms with Crippen molar-refractivity contribution in [1.29, 1.82) is 0 Å². The molecule has 2 aromatic carbocycles. The Hall–Kier alpha value is -1.38. The van der Waals surface area contributed by atoms with E-state index in [0.717, 1.165) is 19.6 Å². The van der Waals surface area contributed by atoms with Crippen molar-refractivity contribution in [2.24, 2.45) is 5.73 Å². The average molecular weight is 242 g/mol. The van der Waals surface area contributed by atoms with Gasteiger partial charge in [-0.25, -0.2) is 0 Å². The van der Waals surface area contributed by atoms with Gasteiger partial charge in [0.25, 0.3) is 0 Å². The van der Waals surface area contributed by atoms with E-state index in [2.05, 4.69) is 55.1 Å². The molecule has 0 aromatic heterocycles. The summed E-state index contributed by atoms with van der Waals surface area (Å²) in [5.41, 5.74) is 8.24. The summed E-state index contributed by atoms with van der Waals surface area (Å²) in [5, 5.41) is 2.58. The van der Waals surface area contributed by atoms with Crippen LogP contribution in [0.25, 0.3) is 10.8 Å². The number of hydrogen-bond donors (Lipinski definition) is 1. The number of fused-ring (bicyclic) bond motifs is 1. The molecule has 0 bridgehead atoms. The minimum absolute atomic E-state index is 0.608. The highest BCUT2D eigenvalue weighted by atomic mass is 15.1. The summed E-state index contributed by atoms with van der Waals surface area (Å²) in [6, 6.07) is 13.2. The quantitative estimate of drug-likeness (QED) is 0.872. The normalized spacial score (nSPS) is 11.3. The topological polar surface area (TPSA) is 29.3 Å². The number of nitrogens with two attached hydrogens (primary N) is 1. The SMILES string of the molecule is CCN(CC)Cc1ccc2cc(CN)ccc2c1. The van der Waals surface area contributed by atoms with Gasteiger partial charge in [-0.2, -0.15) is 0 Å². The minimum Gasteiger partial charge on any atom is -0.326 e. The number of hydrogen-bond acceptors (Lipinski definition) is 2. The smallest absolute Gasteiger partial charge is 0.0233 e. The molecule has 0 amide bonds. The highest BCUT2D eigenvalue weighted by molar-refractivity contribution is 5.83. The van der Waals surface area contributed by atoms with Gasteiger partial charge in [-0.1, -0.05) is 38.1 Å². The molecule has 2 heteroatoms. The fraction of sp³-hybridized carbons (Fsp3) is 0.375. The number of benzene rings is 2. The molecule has 2 rings (SSSR count). The van der Waals surface area contributed by atoms with Crippen molar-refractivity contribution in [3.63, 3.8) is 0 Å². The molecule has 2 N–H and O–H groups in total. The van der Waals surface area contributed by atoms with Crippen molar-refractivity contribution < 1.29 is 0 Å². The van der Waals surface area contributed by atoms with Crippen LogP contribution >= 0.6 is 0 Å². The van der Waals surface area contributed by atoms with Crippen LogP contribution in [0.15, 0.2) is 36.4 Å². The Morgan fingerprint density at radius 2 is 1.44 bits per heavy atom. The number of nitrogens with zero attached hydrogens (tertiary/aromatic N) is 1. The van der Waals surface area contributed by atoms with Gasteiger partial charge in [-0.15, -0.1) is 0 Å². The van der Waals surface area contributed by atoms with Gasteiger partial charge in [0.2, 0.25) is 0 Å². The van der Waals surface area contributed by atoms with Gasteiger partial charge in [-0.3, -0.25) is 4.90 Å². The first-order valence-electron chi connectivity index (χ1n) is 6.70. The lowest BCUT2D eigenvalue weighted by Gasteiger charge is -2.18. The van der Waals surface area contributed by atoms with Crippen molar-refractivity contribution >= 4 is 10.8 Å². The van der Waals surface area contributed by atoms with Gasteiger partial charge in [0.05, 0.1) is 0 Å². The van der Waals surface area contributed by atoms with Crippen LogP contribution < -0.4 is 5.73 Å². The lowest BCUT2D eigenvalue weighted by atomic mass is 10.0. The molecule has 0 aliphatic heterocycles. The monoisotopic (exact) mass is 242 g/mol. The van der Waals surface area contributed by atoms with Crippen LogP contribution in [0, 0.1) is 0 Å². The first-order valence-corrected chi connectivity index (χ1v) is 6.70. The van der Waals surface area contributed by atoms with Gasteiger partial charge in [-0.05, 0) is 47.1 Å². The van der Waals surface area contributed by atoms with E-state index in [-0.39, 0.29) is 0 Å². The molecule has 0 unspecified atom stereocenters. The van der Waals surface area contributed by atoms with Crippen LogP contribution in [0.5, 0.6) is 0 Å². The Kier molecular flexibility index (Phi) is 4.34. The zero-order valence-corrected chi connectivity index (χ0v) is 11.3. The predicted octanol–water partition coefficient (Wildman–Crippen LogP) is 3.14. The summed E-state index contributed by atoms with van der Waals surface area (Å²) in [6.45, 7) is 8.25. The van der Waals surface area contributed by atoms with E-state index in [4.69, 9.17) is 5.73 Å². The fourth-order valence-corrected chi connectivity index (χ4v) is 2.28. The second kappa shape index (κ2) is 5.98. The maximum atomic E-state index is 5.67. The summed E-state index contributed by atoms with van der Waals surface area (Å²) < 4.78 is 0. The maximum absolute atomic E-state index is 5.67. The lowest BCUT2D eigenvalue weighted by Crippen LogP contribution is -2.21. The predicted molar refractivity (Wildman–Crippen MR) is 78.5 cm³/mol. The Morgan fingerprint density at radius 1 is 0.889 bits per heavy atom. The largest absolute Gasteiger partial charge is 0.326 e. The highest BCUT2D eigenvalue weighted by Gasteiger charge is 2.02. The molecule has 0 atom stereocenters. The molecule has 2 aromatic rings. The van der Waals surface area contributed by atoms with Gasteiger partial charge >= 0.3 is 0 Å². The van der Waals surface area contributed by atoms with Crippen molar-refractivity contribution in [3.05, 3.63) is 47.5 Å². The first kappa shape index (κ1) is 13.1. The fourth-order valence-electron chi connectivity index (χ4n) is 2.28. The van der Waals surface area contributed by atoms with Crippen molar-refractivity contribution in [2.75, 3.05) is 13.1 Å². The first-order chi connectivity index (χ1) is 8.76. The molecule has 96 valence electrons. The molecule has 0 aliphatic carbocycles. The molecule has 0 aliphatic rings. The molecule has 0 saturated carbocycles. The Morgan fingerprint density at radius 3 is 2.00 bits per heavy atom. The molecule has 18 heavy (non-hydrogen) atoms. The van der Waals surface area contributed by atoms with E-state index in [1.165, 1.54) is 21.9 Å². The van der Waals surface area contributed by atoms with E-state index in [0.29, 0.717) is 6.54 Å². The standard InChI is InChI=1S/C16H22N2/c1-3-18(4-2)12-14-6-8-15-9-13(11-17)5-7-16(15)10-14/h5-10H,3-4,11-12,17H2,1-2H3. The molecule has 0 heterocycles. The third-order valence-corrected chi connectivity index (χ3v) is 3.51. The Balaban J connectivity index is 2.27. The second-order valence-electron chi connectivity index (χ2n) is 4.68. The van der Waals surface area contributed by atoms with Gasteiger partial charge in [0.1, 0.15) is 0 Å². The summed E-state index contributed by atoms with van der Waals surface area (Å²) >= 11 is 0. The molecule has 0 spiro atoms. The molecule has 0 saturated heterocycles. The molecule has 0 fully saturated rings. The summed E-state index contributed by atoms with van der Waals surface area (Å²) in [7, 11) is 0. The van der Waals surface area contributed by atoms with E-state index in [1.54, 1.807) is 0 Å². The van der Waals surface area contributed by atoms with Gasteiger partial charge in [0.15, 0.2) is 0 Å². The van der Waals surface area contributed by atoms with E-state index >= 15 is 0 Å². The third-order valence-electron chi connectivity index (χ3n) is 3.51. The van der Waals surface area contributed by atoms with Gasteiger partial charge in [0, 0.05) is 13.1 Å². The van der Waals surface area contributed by atoms with Crippen LogP contribution in [0.1, 0.15) is 25.0 Å². The molecule has 0 radical (unpaired) electrons. The van der Waals surface area contributed by atoms with Crippen LogP contribution in [0.4, 0.5) is 0 Å². The average Bonchev–Trinajstić information content (AvgIpc) is 2.44. The third kappa shape index (κ3) is 2.89. The van der Waals surface area contributed by atoms with Crippen LogP contribution in [0.2, 0.25) is 0 Å². The van der Waals surface area contributed by atoms with E-state index in [9.17, 15) is 0 Å². The number of rotatable bonds is 5. The molecular weight excluding hydrogens is 220 g/mol. The van der Waals surface area contributed by atoms with Crippen molar-refractivity contribution in [2.45, 2.75) is 26.9 Å². The van der Waals surface area contributed by atoms with Crippen molar-refractivity contribution in [1.82, 2.24) is 4.90 Å². The van der Waals surface area contributed by atoms with Crippen molar-refractivity contribution in [3.8, 4) is 0 Å². The highest BCUT2D eigenvalue weighted by Crippen LogP contribution is 2.18. The zero-order valence-electron chi connectivity index (χ0n) is 11.3. The zero-order chi connectivity index (χ0) is 13.0. The van der Waals surface area contributed by atoms with E-state index in [1.807, 2.05) is 0 Å². The second-order valence-corrected chi connectivity index (χ2v) is 4.68. The van der Waals surface area contributed by atoms with Gasteiger partial charge < -0.3 is 5.73 Å². The Labute approximate surface area is 109 Å². The summed E-state index contributed by atoms with van der Waals surface area (Å²) in [6.07, 6.45) is 0. The maximum Gasteiger partial charge on any atom is 0.0233 e. The molecule has 2 nitrogen and oxygen atoms in total. The summed E-state index contributed by atoms with van der Waals surface area (Å²) in [5.74, 6) is 0. The lowest BCUT2D eigenvalue weighted by molar-refractivity contribution is 0.296. The van der Waals surface area contributed by atoms with Crippen LogP contribution in [-0.4, -0.2) is 18.0 Å². The van der Waals surface area contributed by atoms with E-state index < -0.39 is 0 Å². The summed E-state index contributed by atoms with van der Waals surface area (Å²) in [4.78, 5) is 2.43. The van der Waals surface area contributed by atoms with Crippen LogP contribution in [-0.2, 0) is 13.1 Å². The minimum atomic E-state index is 0.608. The molecular formula is C16H22N2.